The van der Waals surface area contributed by atoms with E-state index in [4.69, 9.17) is 5.11 Å². The van der Waals surface area contributed by atoms with Crippen LogP contribution in [-0.4, -0.2) is 26.0 Å². The number of nitrogens with zero attached hydrogens (tertiary/aromatic N) is 1. The number of hydrogen-bond acceptors (Lipinski definition) is 3. The number of anilines is 1. The van der Waals surface area contributed by atoms with Crippen LogP contribution in [0.25, 0.3) is 0 Å². The standard InChI is InChI=1S/C17H17NO4S/c1-11-7-8-13(17(19)20)9-16(11)23(21,22)18-10-12(2)14-5-3-4-6-15(14)18/h3-9,12H,10H2,1-2H3,(H,19,20)/t12-/m1/s1. The van der Waals surface area contributed by atoms with Crippen molar-refractivity contribution in [1.82, 2.24) is 0 Å². The Morgan fingerprint density at radius 2 is 1.91 bits per heavy atom. The van der Waals surface area contributed by atoms with Gasteiger partial charge in [0.05, 0.1) is 16.1 Å². The van der Waals surface area contributed by atoms with Crippen molar-refractivity contribution >= 4 is 21.7 Å². The van der Waals surface area contributed by atoms with Gasteiger partial charge in [-0.05, 0) is 36.2 Å². The smallest absolute Gasteiger partial charge is 0.335 e. The Bertz CT molecular complexity index is 889. The summed E-state index contributed by atoms with van der Waals surface area (Å²) in [5, 5.41) is 9.12. The van der Waals surface area contributed by atoms with Crippen molar-refractivity contribution in [3.8, 4) is 0 Å². The first-order chi connectivity index (χ1) is 10.8. The number of para-hydroxylation sites is 1. The van der Waals surface area contributed by atoms with Crippen LogP contribution in [0.5, 0.6) is 0 Å². The summed E-state index contributed by atoms with van der Waals surface area (Å²) in [6.45, 7) is 4.01. The summed E-state index contributed by atoms with van der Waals surface area (Å²) < 4.78 is 27.5. The Balaban J connectivity index is 2.14. The van der Waals surface area contributed by atoms with Gasteiger partial charge in [-0.15, -0.1) is 0 Å². The van der Waals surface area contributed by atoms with E-state index >= 15 is 0 Å². The van der Waals surface area contributed by atoms with Gasteiger partial charge in [-0.2, -0.15) is 0 Å². The zero-order valence-electron chi connectivity index (χ0n) is 12.9. The maximum absolute atomic E-state index is 13.1. The largest absolute Gasteiger partial charge is 0.478 e. The summed E-state index contributed by atoms with van der Waals surface area (Å²) in [7, 11) is -3.80. The number of aromatic carboxylic acids is 1. The van der Waals surface area contributed by atoms with Crippen molar-refractivity contribution in [3.63, 3.8) is 0 Å². The zero-order chi connectivity index (χ0) is 16.8. The Hall–Kier alpha value is -2.34. The molecule has 0 spiro atoms. The molecule has 120 valence electrons. The fraction of sp³-hybridized carbons (Fsp3) is 0.235. The summed E-state index contributed by atoms with van der Waals surface area (Å²) in [6.07, 6.45) is 0. The fourth-order valence-electron chi connectivity index (χ4n) is 2.93. The molecule has 0 saturated carbocycles. The minimum atomic E-state index is -3.80. The predicted molar refractivity (Wildman–Crippen MR) is 87.5 cm³/mol. The Kier molecular flexibility index (Phi) is 3.64. The van der Waals surface area contributed by atoms with E-state index < -0.39 is 16.0 Å². The van der Waals surface area contributed by atoms with Crippen LogP contribution in [0.15, 0.2) is 47.4 Å². The van der Waals surface area contributed by atoms with Crippen molar-refractivity contribution < 1.29 is 18.3 Å². The Morgan fingerprint density at radius 3 is 2.61 bits per heavy atom. The van der Waals surface area contributed by atoms with Crippen molar-refractivity contribution in [2.75, 3.05) is 10.8 Å². The molecule has 0 unspecified atom stereocenters. The highest BCUT2D eigenvalue weighted by molar-refractivity contribution is 7.93. The molecule has 0 aliphatic carbocycles. The first kappa shape index (κ1) is 15.6. The van der Waals surface area contributed by atoms with Crippen molar-refractivity contribution in [2.24, 2.45) is 0 Å². The fourth-order valence-corrected chi connectivity index (χ4v) is 4.77. The van der Waals surface area contributed by atoms with Gasteiger partial charge in [-0.1, -0.05) is 31.2 Å². The minimum absolute atomic E-state index is 0.0327. The second-order valence-corrected chi connectivity index (χ2v) is 7.61. The van der Waals surface area contributed by atoms with E-state index in [1.54, 1.807) is 19.1 Å². The molecule has 1 atom stereocenters. The molecular formula is C17H17NO4S. The van der Waals surface area contributed by atoms with E-state index in [2.05, 4.69) is 0 Å². The van der Waals surface area contributed by atoms with E-state index in [-0.39, 0.29) is 16.4 Å². The molecule has 0 fully saturated rings. The van der Waals surface area contributed by atoms with Crippen LogP contribution >= 0.6 is 0 Å². The van der Waals surface area contributed by atoms with E-state index in [0.29, 0.717) is 17.8 Å². The number of benzene rings is 2. The third kappa shape index (κ3) is 2.49. The van der Waals surface area contributed by atoms with Crippen LogP contribution in [0.2, 0.25) is 0 Å². The molecule has 0 aromatic heterocycles. The molecule has 2 aromatic carbocycles. The average molecular weight is 331 g/mol. The molecule has 0 radical (unpaired) electrons. The summed E-state index contributed by atoms with van der Waals surface area (Å²) in [5.41, 5.74) is 2.16. The Labute approximate surface area is 135 Å². The number of fused-ring (bicyclic) bond motifs is 1. The number of sulfonamides is 1. The molecule has 1 aliphatic rings. The lowest BCUT2D eigenvalue weighted by molar-refractivity contribution is 0.0696. The number of hydrogen-bond donors (Lipinski definition) is 1. The first-order valence-electron chi connectivity index (χ1n) is 7.28. The maximum Gasteiger partial charge on any atom is 0.335 e. The van der Waals surface area contributed by atoms with Gasteiger partial charge in [-0.25, -0.2) is 13.2 Å². The number of carbonyl (C=O) groups is 1. The van der Waals surface area contributed by atoms with Crippen molar-refractivity contribution in [3.05, 3.63) is 59.2 Å². The van der Waals surface area contributed by atoms with Gasteiger partial charge in [-0.3, -0.25) is 4.31 Å². The van der Waals surface area contributed by atoms with Crippen LogP contribution in [0.1, 0.15) is 34.3 Å². The third-order valence-electron chi connectivity index (χ3n) is 4.18. The lowest BCUT2D eigenvalue weighted by atomic mass is 10.0. The zero-order valence-corrected chi connectivity index (χ0v) is 13.7. The third-order valence-corrected chi connectivity index (χ3v) is 6.10. The monoisotopic (exact) mass is 331 g/mol. The van der Waals surface area contributed by atoms with Crippen molar-refractivity contribution in [1.29, 1.82) is 0 Å². The highest BCUT2D eigenvalue weighted by atomic mass is 32.2. The number of carboxylic acids is 1. The van der Waals surface area contributed by atoms with Gasteiger partial charge in [0.15, 0.2) is 0 Å². The van der Waals surface area contributed by atoms with Crippen LogP contribution in [0.3, 0.4) is 0 Å². The number of aryl methyl sites for hydroxylation is 1. The predicted octanol–water partition coefficient (Wildman–Crippen LogP) is 3.01. The van der Waals surface area contributed by atoms with Gasteiger partial charge < -0.3 is 5.11 Å². The van der Waals surface area contributed by atoms with Gasteiger partial charge in [0.25, 0.3) is 10.0 Å². The quantitative estimate of drug-likeness (QED) is 0.938. The molecule has 2 aromatic rings. The average Bonchev–Trinajstić information content (AvgIpc) is 2.86. The molecule has 5 nitrogen and oxygen atoms in total. The molecule has 1 heterocycles. The van der Waals surface area contributed by atoms with Gasteiger partial charge in [0.2, 0.25) is 0 Å². The van der Waals surface area contributed by atoms with Gasteiger partial charge in [0, 0.05) is 12.5 Å². The molecule has 23 heavy (non-hydrogen) atoms. The van der Waals surface area contributed by atoms with Crippen LogP contribution in [0, 0.1) is 6.92 Å². The SMILES string of the molecule is Cc1ccc(C(=O)O)cc1S(=O)(=O)N1C[C@@H](C)c2ccccc21. The molecule has 6 heteroatoms. The highest BCUT2D eigenvalue weighted by Gasteiger charge is 2.35. The van der Waals surface area contributed by atoms with Crippen LogP contribution in [-0.2, 0) is 10.0 Å². The number of rotatable bonds is 3. The summed E-state index contributed by atoms with van der Waals surface area (Å²) in [6, 6.07) is 11.6. The van der Waals surface area contributed by atoms with Gasteiger partial charge in [0.1, 0.15) is 0 Å². The molecule has 3 rings (SSSR count). The molecule has 0 bridgehead atoms. The van der Waals surface area contributed by atoms with Crippen LogP contribution < -0.4 is 4.31 Å². The lowest BCUT2D eigenvalue weighted by Gasteiger charge is -2.21. The van der Waals surface area contributed by atoms with Crippen molar-refractivity contribution in [2.45, 2.75) is 24.7 Å². The molecular weight excluding hydrogens is 314 g/mol. The topological polar surface area (TPSA) is 74.7 Å². The van der Waals surface area contributed by atoms with E-state index in [1.165, 1.54) is 22.5 Å². The number of carboxylic acid groups (broad SMARTS) is 1. The maximum atomic E-state index is 13.1. The molecule has 1 N–H and O–H groups in total. The second kappa shape index (κ2) is 5.38. The lowest BCUT2D eigenvalue weighted by Crippen LogP contribution is -2.30. The van der Waals surface area contributed by atoms with E-state index in [0.717, 1.165) is 5.56 Å². The second-order valence-electron chi connectivity index (χ2n) is 5.78. The Morgan fingerprint density at radius 1 is 1.22 bits per heavy atom. The summed E-state index contributed by atoms with van der Waals surface area (Å²) >= 11 is 0. The molecule has 1 aliphatic heterocycles. The summed E-state index contributed by atoms with van der Waals surface area (Å²) in [4.78, 5) is 11.2. The highest BCUT2D eigenvalue weighted by Crippen LogP contribution is 2.39. The van der Waals surface area contributed by atoms with E-state index in [1.807, 2.05) is 19.1 Å². The molecule has 0 amide bonds. The normalized spacial score (nSPS) is 17.1. The molecule has 0 saturated heterocycles. The summed E-state index contributed by atoms with van der Waals surface area (Å²) in [5.74, 6) is -1.04. The van der Waals surface area contributed by atoms with Crippen LogP contribution in [0.4, 0.5) is 5.69 Å². The van der Waals surface area contributed by atoms with E-state index in [9.17, 15) is 13.2 Å². The van der Waals surface area contributed by atoms with Gasteiger partial charge >= 0.3 is 5.97 Å². The minimum Gasteiger partial charge on any atom is -0.478 e. The first-order valence-corrected chi connectivity index (χ1v) is 8.72.